The fourth-order valence-corrected chi connectivity index (χ4v) is 13.7. The molecule has 0 heterocycles. The lowest BCUT2D eigenvalue weighted by molar-refractivity contribution is 0.0734. The number of carbonyl (C=O) groups excluding carboxylic acids is 1. The minimum Gasteiger partial charge on any atom is -0.494 e. The van der Waals surface area contributed by atoms with Crippen molar-refractivity contribution < 1.29 is 18.4 Å². The molecule has 0 aliphatic rings. The molecule has 0 fully saturated rings. The Balaban J connectivity index is 1.94. The summed E-state index contributed by atoms with van der Waals surface area (Å²) in [5, 5.41) is 0. The number of hydrogen-bond acceptors (Lipinski definition) is 4. The summed E-state index contributed by atoms with van der Waals surface area (Å²) in [6.07, 6.45) is 10.9. The van der Waals surface area contributed by atoms with Gasteiger partial charge in [0.1, 0.15) is 11.5 Å². The number of unbranched alkanes of at least 4 members (excludes halogenated alkanes) is 6. The lowest BCUT2D eigenvalue weighted by Gasteiger charge is -2.38. The Morgan fingerprint density at radius 2 is 1.30 bits per heavy atom. The Bertz CT molecular complexity index is 918. The maximum absolute atomic E-state index is 12.8. The highest BCUT2D eigenvalue weighted by molar-refractivity contribution is 6.84. The summed E-state index contributed by atoms with van der Waals surface area (Å²) < 4.78 is 18.2. The Morgan fingerprint density at radius 3 is 1.89 bits per heavy atom. The summed E-state index contributed by atoms with van der Waals surface area (Å²) in [4.78, 5) is 12.8. The first kappa shape index (κ1) is 31.3. The van der Waals surface area contributed by atoms with Gasteiger partial charge in [-0.05, 0) is 87.5 Å². The van der Waals surface area contributed by atoms with Gasteiger partial charge in [0.15, 0.2) is 16.6 Å². The molecule has 0 radical (unpaired) electrons. The van der Waals surface area contributed by atoms with E-state index >= 15 is 0 Å². The van der Waals surface area contributed by atoms with Gasteiger partial charge in [0, 0.05) is 5.54 Å². The Labute approximate surface area is 228 Å². The van der Waals surface area contributed by atoms with Crippen LogP contribution in [0.3, 0.4) is 0 Å². The molecule has 2 aromatic carbocycles. The van der Waals surface area contributed by atoms with Gasteiger partial charge < -0.3 is 13.6 Å². The largest absolute Gasteiger partial charge is 0.494 e. The van der Waals surface area contributed by atoms with E-state index in [4.69, 9.17) is 13.6 Å². The molecule has 6 heteroatoms. The second kappa shape index (κ2) is 15.5. The van der Waals surface area contributed by atoms with E-state index in [1.807, 2.05) is 24.3 Å². The van der Waals surface area contributed by atoms with Crippen LogP contribution in [0, 0.1) is 0 Å². The highest BCUT2D eigenvalue weighted by Gasteiger charge is 2.38. The zero-order valence-corrected chi connectivity index (χ0v) is 26.4. The fraction of sp³-hybridized carbons (Fsp3) is 0.581. The van der Waals surface area contributed by atoms with Crippen molar-refractivity contribution in [3.8, 4) is 11.5 Å². The third-order valence-corrected chi connectivity index (χ3v) is 13.5. The van der Waals surface area contributed by atoms with Crippen LogP contribution in [0.15, 0.2) is 48.5 Å². The second-order valence-corrected chi connectivity index (χ2v) is 20.6. The Kier molecular flexibility index (Phi) is 13.1. The summed E-state index contributed by atoms with van der Waals surface area (Å²) in [7, 11) is -3.59. The van der Waals surface area contributed by atoms with Crippen molar-refractivity contribution in [3.05, 3.63) is 59.7 Å². The molecule has 2 rings (SSSR count). The average molecular weight is 543 g/mol. The van der Waals surface area contributed by atoms with Crippen LogP contribution in [-0.4, -0.2) is 29.2 Å². The van der Waals surface area contributed by atoms with E-state index in [1.165, 1.54) is 50.5 Å². The summed E-state index contributed by atoms with van der Waals surface area (Å²) in [6.45, 7) is 16.7. The monoisotopic (exact) mass is 542 g/mol. The molecule has 0 saturated carbocycles. The zero-order valence-electron chi connectivity index (χ0n) is 24.4. The molecular weight excluding hydrogens is 493 g/mol. The SMILES string of the molecule is CCCCCCCCOc1ccc(OC(=O)c2ccc(C(CCCC)[Si](C)(C)O[Si](C)(C)C)cc2)cc1. The molecule has 1 unspecified atom stereocenters. The summed E-state index contributed by atoms with van der Waals surface area (Å²) in [5.74, 6) is 0.995. The number of rotatable bonds is 17. The van der Waals surface area contributed by atoms with E-state index in [0.29, 0.717) is 16.9 Å². The highest BCUT2D eigenvalue weighted by atomic mass is 28.4. The average Bonchev–Trinajstić information content (AvgIpc) is 2.83. The van der Waals surface area contributed by atoms with Gasteiger partial charge in [-0.1, -0.05) is 70.9 Å². The lowest BCUT2D eigenvalue weighted by Crippen LogP contribution is -2.47. The van der Waals surface area contributed by atoms with E-state index in [2.05, 4.69) is 58.7 Å². The van der Waals surface area contributed by atoms with E-state index in [0.717, 1.165) is 25.2 Å². The maximum Gasteiger partial charge on any atom is 0.343 e. The molecule has 206 valence electrons. The van der Waals surface area contributed by atoms with E-state index in [9.17, 15) is 4.79 Å². The lowest BCUT2D eigenvalue weighted by atomic mass is 10.0. The first-order valence-corrected chi connectivity index (χ1v) is 20.7. The van der Waals surface area contributed by atoms with Crippen molar-refractivity contribution in [2.75, 3.05) is 6.61 Å². The molecule has 0 aromatic heterocycles. The number of esters is 1. The predicted octanol–water partition coefficient (Wildman–Crippen LogP) is 9.51. The van der Waals surface area contributed by atoms with Gasteiger partial charge >= 0.3 is 5.97 Å². The molecular formula is C31H50O4Si2. The van der Waals surface area contributed by atoms with Gasteiger partial charge in [-0.3, -0.25) is 0 Å². The zero-order chi connectivity index (χ0) is 27.3. The number of hydrogen-bond donors (Lipinski definition) is 0. The van der Waals surface area contributed by atoms with Crippen LogP contribution in [-0.2, 0) is 4.12 Å². The normalized spacial score (nSPS) is 12.8. The minimum absolute atomic E-state index is 0.341. The topological polar surface area (TPSA) is 44.8 Å². The standard InChI is InChI=1S/C31H50O4Si2/c1-8-10-12-13-14-15-25-33-28-21-23-29(24-22-28)34-31(32)27-19-17-26(18-20-27)30(16-11-9-2)37(6,7)35-36(3,4)5/h17-24,30H,8-16,25H2,1-7H3. The summed E-state index contributed by atoms with van der Waals surface area (Å²) in [5.41, 5.74) is 2.24. The van der Waals surface area contributed by atoms with Gasteiger partial charge in [-0.15, -0.1) is 0 Å². The van der Waals surface area contributed by atoms with Crippen LogP contribution in [0.25, 0.3) is 0 Å². The van der Waals surface area contributed by atoms with E-state index < -0.39 is 16.6 Å². The molecule has 37 heavy (non-hydrogen) atoms. The van der Waals surface area contributed by atoms with Crippen LogP contribution in [0.1, 0.15) is 93.1 Å². The van der Waals surface area contributed by atoms with Gasteiger partial charge in [0.05, 0.1) is 12.2 Å². The maximum atomic E-state index is 12.8. The molecule has 1 atom stereocenters. The van der Waals surface area contributed by atoms with Crippen molar-refractivity contribution in [1.29, 1.82) is 0 Å². The van der Waals surface area contributed by atoms with Crippen molar-refractivity contribution in [3.63, 3.8) is 0 Å². The van der Waals surface area contributed by atoms with Crippen LogP contribution in [0.2, 0.25) is 32.7 Å². The minimum atomic E-state index is -1.94. The molecule has 4 nitrogen and oxygen atoms in total. The number of carbonyl (C=O) groups is 1. The van der Waals surface area contributed by atoms with Gasteiger partial charge in [-0.25, -0.2) is 4.79 Å². The van der Waals surface area contributed by atoms with E-state index in [1.54, 1.807) is 12.1 Å². The highest BCUT2D eigenvalue weighted by Crippen LogP contribution is 2.35. The first-order chi connectivity index (χ1) is 17.6. The van der Waals surface area contributed by atoms with Crippen LogP contribution < -0.4 is 9.47 Å². The third-order valence-electron chi connectivity index (χ3n) is 6.60. The molecule has 0 bridgehead atoms. The number of ether oxygens (including phenoxy) is 2. The molecule has 0 amide bonds. The summed E-state index contributed by atoms with van der Waals surface area (Å²) >= 11 is 0. The molecule has 0 saturated heterocycles. The Morgan fingerprint density at radius 1 is 0.730 bits per heavy atom. The summed E-state index contributed by atoms with van der Waals surface area (Å²) in [6, 6.07) is 15.3. The van der Waals surface area contributed by atoms with E-state index in [-0.39, 0.29) is 5.97 Å². The van der Waals surface area contributed by atoms with Crippen LogP contribution in [0.4, 0.5) is 0 Å². The quantitative estimate of drug-likeness (QED) is 0.0864. The van der Waals surface area contributed by atoms with Crippen molar-refractivity contribution in [2.24, 2.45) is 0 Å². The predicted molar refractivity (Wildman–Crippen MR) is 161 cm³/mol. The first-order valence-electron chi connectivity index (χ1n) is 14.3. The number of benzene rings is 2. The second-order valence-electron chi connectivity index (χ2n) is 11.6. The molecule has 0 spiro atoms. The Hall–Kier alpha value is -1.90. The fourth-order valence-electron chi connectivity index (χ4n) is 4.88. The molecule has 0 N–H and O–H groups in total. The van der Waals surface area contributed by atoms with Gasteiger partial charge in [0.2, 0.25) is 0 Å². The molecule has 0 aliphatic carbocycles. The molecule has 2 aromatic rings. The van der Waals surface area contributed by atoms with Crippen LogP contribution >= 0.6 is 0 Å². The van der Waals surface area contributed by atoms with Crippen LogP contribution in [0.5, 0.6) is 11.5 Å². The van der Waals surface area contributed by atoms with Gasteiger partial charge in [-0.2, -0.15) is 0 Å². The van der Waals surface area contributed by atoms with Gasteiger partial charge in [0.25, 0.3) is 0 Å². The van der Waals surface area contributed by atoms with Crippen molar-refractivity contribution in [1.82, 2.24) is 0 Å². The van der Waals surface area contributed by atoms with Crippen molar-refractivity contribution in [2.45, 2.75) is 110 Å². The smallest absolute Gasteiger partial charge is 0.343 e. The third kappa shape index (κ3) is 11.6. The van der Waals surface area contributed by atoms with Crippen molar-refractivity contribution >= 4 is 22.6 Å². The molecule has 0 aliphatic heterocycles.